The molecule has 1 heterocycles. The number of carbonyl (C=O) groups excluding carboxylic acids is 1. The Morgan fingerprint density at radius 2 is 2.29 bits per heavy atom. The molecule has 0 bridgehead atoms. The van der Waals surface area contributed by atoms with Crippen LogP contribution < -0.4 is 0 Å². The number of halogens is 1. The molecule has 1 nitrogen and oxygen atoms in total. The lowest BCUT2D eigenvalue weighted by Gasteiger charge is -2.01. The summed E-state index contributed by atoms with van der Waals surface area (Å²) in [6, 6.07) is 3.70. The lowest BCUT2D eigenvalue weighted by atomic mass is 10.1. The van der Waals surface area contributed by atoms with Crippen LogP contribution in [0.3, 0.4) is 0 Å². The topological polar surface area (TPSA) is 17.1 Å². The van der Waals surface area contributed by atoms with Gasteiger partial charge in [-0.05, 0) is 5.56 Å². The molecule has 0 saturated carbocycles. The Morgan fingerprint density at radius 3 is 2.93 bits per heavy atom. The molecule has 0 aliphatic heterocycles. The fraction of sp³-hybridized carbons (Fsp3) is 0.100. The minimum Gasteiger partial charge on any atom is -0.298 e. The van der Waals surface area contributed by atoms with Crippen LogP contribution >= 0.6 is 35.6 Å². The van der Waals surface area contributed by atoms with Crippen molar-refractivity contribution in [3.63, 3.8) is 0 Å². The van der Waals surface area contributed by atoms with Crippen molar-refractivity contribution in [1.29, 1.82) is 0 Å². The van der Waals surface area contributed by atoms with E-state index in [1.807, 2.05) is 11.4 Å². The number of fused-ring (bicyclic) bond motifs is 1. The highest BCUT2D eigenvalue weighted by Gasteiger charge is 2.09. The molecule has 2 aromatic rings. The maximum absolute atomic E-state index is 10.8. The van der Waals surface area contributed by atoms with Gasteiger partial charge in [-0.3, -0.25) is 4.79 Å². The first-order valence-electron chi connectivity index (χ1n) is 4.01. The minimum atomic E-state index is 0.360. The van der Waals surface area contributed by atoms with E-state index in [-0.39, 0.29) is 0 Å². The summed E-state index contributed by atoms with van der Waals surface area (Å²) < 4.78 is 1.06. The van der Waals surface area contributed by atoms with Gasteiger partial charge in [-0.2, -0.15) is 0 Å². The number of aldehydes is 1. The number of carbonyl (C=O) groups is 1. The van der Waals surface area contributed by atoms with Crippen LogP contribution in [0, 0.1) is 0 Å². The van der Waals surface area contributed by atoms with Gasteiger partial charge in [0.25, 0.3) is 0 Å². The van der Waals surface area contributed by atoms with Crippen LogP contribution in [0.1, 0.15) is 15.9 Å². The number of thiol groups is 1. The van der Waals surface area contributed by atoms with Crippen LogP contribution in [-0.4, -0.2) is 6.29 Å². The summed E-state index contributed by atoms with van der Waals surface area (Å²) in [5.41, 5.74) is 1.58. The molecule has 0 radical (unpaired) electrons. The largest absolute Gasteiger partial charge is 0.298 e. The van der Waals surface area contributed by atoms with Crippen molar-refractivity contribution < 1.29 is 4.79 Å². The molecule has 4 heteroatoms. The number of alkyl halides is 1. The van der Waals surface area contributed by atoms with E-state index in [1.54, 1.807) is 17.4 Å². The van der Waals surface area contributed by atoms with E-state index in [9.17, 15) is 4.79 Å². The smallest absolute Gasteiger partial charge is 0.150 e. The van der Waals surface area contributed by atoms with Gasteiger partial charge in [-0.25, -0.2) is 0 Å². The van der Waals surface area contributed by atoms with E-state index < -0.39 is 0 Å². The van der Waals surface area contributed by atoms with Crippen LogP contribution in [-0.2, 0) is 5.88 Å². The van der Waals surface area contributed by atoms with Crippen LogP contribution in [0.15, 0.2) is 22.4 Å². The zero-order chi connectivity index (χ0) is 10.1. The average Bonchev–Trinajstić information content (AvgIpc) is 2.59. The summed E-state index contributed by atoms with van der Waals surface area (Å²) >= 11 is 11.7. The third-order valence-corrected chi connectivity index (χ3v) is 3.99. The Morgan fingerprint density at radius 1 is 1.50 bits per heavy atom. The molecule has 2 rings (SSSR count). The molecular formula is C10H7ClOS2. The normalized spacial score (nSPS) is 10.7. The molecule has 0 saturated heterocycles. The molecule has 1 aromatic heterocycles. The molecule has 0 atom stereocenters. The van der Waals surface area contributed by atoms with Crippen molar-refractivity contribution in [3.8, 4) is 0 Å². The molecule has 72 valence electrons. The second-order valence-electron chi connectivity index (χ2n) is 2.88. The van der Waals surface area contributed by atoms with Crippen LogP contribution in [0.2, 0.25) is 0 Å². The number of benzene rings is 1. The zero-order valence-corrected chi connectivity index (χ0v) is 9.63. The molecule has 0 aliphatic carbocycles. The standard InChI is InChI=1S/C10H7ClOS2/c11-3-8-6(4-12)1-2-7-9(13)5-14-10(7)8/h1-2,4-5,13H,3H2. The summed E-state index contributed by atoms with van der Waals surface area (Å²) in [7, 11) is 0. The molecule has 0 amide bonds. The Kier molecular flexibility index (Phi) is 2.81. The van der Waals surface area contributed by atoms with Gasteiger partial charge in [0, 0.05) is 31.8 Å². The average molecular weight is 243 g/mol. The lowest BCUT2D eigenvalue weighted by molar-refractivity contribution is 0.112. The summed E-state index contributed by atoms with van der Waals surface area (Å²) in [5, 5.41) is 3.03. The lowest BCUT2D eigenvalue weighted by Crippen LogP contribution is -1.88. The predicted molar refractivity (Wildman–Crippen MR) is 64.0 cm³/mol. The second kappa shape index (κ2) is 3.93. The summed E-state index contributed by atoms with van der Waals surface area (Å²) in [4.78, 5) is 11.7. The third-order valence-electron chi connectivity index (χ3n) is 2.12. The molecule has 0 fully saturated rings. The monoisotopic (exact) mass is 242 g/mol. The second-order valence-corrected chi connectivity index (χ2v) is 4.51. The van der Waals surface area contributed by atoms with Crippen molar-refractivity contribution in [2.75, 3.05) is 0 Å². The summed E-state index contributed by atoms with van der Waals surface area (Å²) in [5.74, 6) is 0.360. The molecular weight excluding hydrogens is 236 g/mol. The molecule has 0 unspecified atom stereocenters. The maximum Gasteiger partial charge on any atom is 0.150 e. The third kappa shape index (κ3) is 1.45. The molecule has 14 heavy (non-hydrogen) atoms. The molecule has 0 aliphatic rings. The highest BCUT2D eigenvalue weighted by Crippen LogP contribution is 2.33. The Bertz CT molecular complexity index is 490. The Balaban J connectivity index is 2.84. The first kappa shape index (κ1) is 10.0. The van der Waals surface area contributed by atoms with Crippen LogP contribution in [0.4, 0.5) is 0 Å². The van der Waals surface area contributed by atoms with Gasteiger partial charge in [0.1, 0.15) is 6.29 Å². The van der Waals surface area contributed by atoms with Gasteiger partial charge in [0.15, 0.2) is 0 Å². The first-order valence-corrected chi connectivity index (χ1v) is 5.87. The predicted octanol–water partition coefficient (Wildman–Crippen LogP) is 3.74. The highest BCUT2D eigenvalue weighted by molar-refractivity contribution is 7.80. The van der Waals surface area contributed by atoms with Gasteiger partial charge >= 0.3 is 0 Å². The molecule has 0 spiro atoms. The van der Waals surface area contributed by atoms with Crippen molar-refractivity contribution >= 4 is 51.9 Å². The van der Waals surface area contributed by atoms with E-state index in [4.69, 9.17) is 11.6 Å². The number of thiophene rings is 1. The van der Waals surface area contributed by atoms with E-state index in [0.717, 1.165) is 26.8 Å². The number of hydrogen-bond donors (Lipinski definition) is 1. The van der Waals surface area contributed by atoms with Crippen molar-refractivity contribution in [2.24, 2.45) is 0 Å². The Labute approximate surface area is 96.1 Å². The van der Waals surface area contributed by atoms with Gasteiger partial charge in [-0.1, -0.05) is 12.1 Å². The summed E-state index contributed by atoms with van der Waals surface area (Å²) in [6.07, 6.45) is 0.842. The molecule has 1 aromatic carbocycles. The molecule has 0 N–H and O–H groups in total. The van der Waals surface area contributed by atoms with E-state index in [2.05, 4.69) is 12.6 Å². The van der Waals surface area contributed by atoms with E-state index in [1.165, 1.54) is 0 Å². The van der Waals surface area contributed by atoms with E-state index in [0.29, 0.717) is 11.4 Å². The van der Waals surface area contributed by atoms with Crippen LogP contribution in [0.25, 0.3) is 10.1 Å². The number of hydrogen-bond acceptors (Lipinski definition) is 3. The first-order chi connectivity index (χ1) is 6.77. The van der Waals surface area contributed by atoms with Crippen LogP contribution in [0.5, 0.6) is 0 Å². The fourth-order valence-corrected chi connectivity index (χ4v) is 3.19. The minimum absolute atomic E-state index is 0.360. The van der Waals surface area contributed by atoms with Crippen molar-refractivity contribution in [2.45, 2.75) is 10.8 Å². The Hall–Kier alpha value is -0.510. The van der Waals surface area contributed by atoms with Crippen molar-refractivity contribution in [1.82, 2.24) is 0 Å². The highest BCUT2D eigenvalue weighted by atomic mass is 35.5. The van der Waals surface area contributed by atoms with Gasteiger partial charge < -0.3 is 0 Å². The van der Waals surface area contributed by atoms with Gasteiger partial charge in [-0.15, -0.1) is 35.6 Å². The quantitative estimate of drug-likeness (QED) is 0.482. The SMILES string of the molecule is O=Cc1ccc2c(S)csc2c1CCl. The number of rotatable bonds is 2. The summed E-state index contributed by atoms with van der Waals surface area (Å²) in [6.45, 7) is 0. The fourth-order valence-electron chi connectivity index (χ4n) is 1.41. The van der Waals surface area contributed by atoms with Gasteiger partial charge in [0.05, 0.1) is 0 Å². The maximum atomic E-state index is 10.8. The zero-order valence-electron chi connectivity index (χ0n) is 7.16. The van der Waals surface area contributed by atoms with E-state index >= 15 is 0 Å². The van der Waals surface area contributed by atoms with Crippen molar-refractivity contribution in [3.05, 3.63) is 28.6 Å². The van der Waals surface area contributed by atoms with Gasteiger partial charge in [0.2, 0.25) is 0 Å².